The van der Waals surface area contributed by atoms with Gasteiger partial charge in [-0.15, -0.1) is 18.3 Å². The van der Waals surface area contributed by atoms with Crippen LogP contribution in [0.5, 0.6) is 0 Å². The molecule has 0 aliphatic carbocycles. The third kappa shape index (κ3) is 4.16. The number of unbranched alkanes of at least 4 members (excludes halogenated alkanes) is 1. The molecule has 1 aromatic rings. The molecular formula is C11H13NO2S. The summed E-state index contributed by atoms with van der Waals surface area (Å²) in [5.41, 5.74) is 0.288. The molecule has 15 heavy (non-hydrogen) atoms. The predicted molar refractivity (Wildman–Crippen MR) is 61.4 cm³/mol. The fraction of sp³-hybridized carbons (Fsp3) is 0.273. The minimum Gasteiger partial charge on any atom is -0.478 e. The van der Waals surface area contributed by atoms with Gasteiger partial charge in [0.25, 0.3) is 0 Å². The van der Waals surface area contributed by atoms with Crippen LogP contribution in [0, 0.1) is 0 Å². The lowest BCUT2D eigenvalue weighted by Gasteiger charge is -2.00. The van der Waals surface area contributed by atoms with Crippen LogP contribution in [0.2, 0.25) is 0 Å². The monoisotopic (exact) mass is 223 g/mol. The van der Waals surface area contributed by atoms with Crippen LogP contribution in [0.15, 0.2) is 36.0 Å². The summed E-state index contributed by atoms with van der Waals surface area (Å²) in [5, 5.41) is 9.53. The van der Waals surface area contributed by atoms with Crippen LogP contribution in [0.1, 0.15) is 23.2 Å². The third-order valence-corrected chi connectivity index (χ3v) is 2.80. The average Bonchev–Trinajstić information content (AvgIpc) is 2.25. The smallest absolute Gasteiger partial charge is 0.335 e. The molecule has 0 fully saturated rings. The number of carboxylic acid groups (broad SMARTS) is 1. The molecule has 3 nitrogen and oxygen atoms in total. The third-order valence-electron chi connectivity index (χ3n) is 1.78. The molecule has 1 heterocycles. The van der Waals surface area contributed by atoms with E-state index in [0.717, 1.165) is 23.6 Å². The van der Waals surface area contributed by atoms with Gasteiger partial charge in [-0.3, -0.25) is 0 Å². The minimum absolute atomic E-state index is 0.288. The van der Waals surface area contributed by atoms with Crippen molar-refractivity contribution >= 4 is 17.7 Å². The van der Waals surface area contributed by atoms with Crippen molar-refractivity contribution < 1.29 is 9.90 Å². The molecule has 1 rings (SSSR count). The number of rotatable bonds is 6. The minimum atomic E-state index is -0.912. The maximum absolute atomic E-state index is 10.7. The zero-order valence-electron chi connectivity index (χ0n) is 8.35. The van der Waals surface area contributed by atoms with E-state index < -0.39 is 5.97 Å². The highest BCUT2D eigenvalue weighted by Gasteiger charge is 2.03. The summed E-state index contributed by atoms with van der Waals surface area (Å²) in [7, 11) is 0. The van der Waals surface area contributed by atoms with Crippen LogP contribution in [0.25, 0.3) is 0 Å². The number of thioether (sulfide) groups is 1. The SMILES string of the molecule is C=CCCCSc1cc(C(=O)O)ccn1. The fourth-order valence-corrected chi connectivity index (χ4v) is 1.89. The van der Waals surface area contributed by atoms with Crippen LogP contribution in [-0.4, -0.2) is 21.8 Å². The Balaban J connectivity index is 2.50. The number of carbonyl (C=O) groups is 1. The summed E-state index contributed by atoms with van der Waals surface area (Å²) in [4.78, 5) is 14.8. The zero-order valence-corrected chi connectivity index (χ0v) is 9.17. The molecule has 0 radical (unpaired) electrons. The van der Waals surface area contributed by atoms with E-state index in [1.165, 1.54) is 12.3 Å². The van der Waals surface area contributed by atoms with Crippen molar-refractivity contribution in [1.29, 1.82) is 0 Å². The van der Waals surface area contributed by atoms with Crippen molar-refractivity contribution in [1.82, 2.24) is 4.98 Å². The molecule has 0 aromatic carbocycles. The quantitative estimate of drug-likeness (QED) is 0.457. The fourth-order valence-electron chi connectivity index (χ4n) is 1.03. The average molecular weight is 223 g/mol. The van der Waals surface area contributed by atoms with Gasteiger partial charge < -0.3 is 5.11 Å². The van der Waals surface area contributed by atoms with E-state index in [4.69, 9.17) is 5.11 Å². The van der Waals surface area contributed by atoms with Gasteiger partial charge in [-0.1, -0.05) is 6.08 Å². The first-order chi connectivity index (χ1) is 7.24. The molecule has 80 valence electrons. The van der Waals surface area contributed by atoms with Gasteiger partial charge in [0.1, 0.15) is 0 Å². The van der Waals surface area contributed by atoms with Crippen LogP contribution < -0.4 is 0 Å². The summed E-state index contributed by atoms with van der Waals surface area (Å²) in [6.45, 7) is 3.64. The van der Waals surface area contributed by atoms with Crippen molar-refractivity contribution in [3.63, 3.8) is 0 Å². The van der Waals surface area contributed by atoms with Crippen LogP contribution in [-0.2, 0) is 0 Å². The summed E-state index contributed by atoms with van der Waals surface area (Å²) >= 11 is 1.57. The second-order valence-corrected chi connectivity index (χ2v) is 4.08. The van der Waals surface area contributed by atoms with Gasteiger partial charge in [-0.05, 0) is 30.7 Å². The van der Waals surface area contributed by atoms with Crippen LogP contribution in [0.3, 0.4) is 0 Å². The van der Waals surface area contributed by atoms with E-state index in [9.17, 15) is 4.79 Å². The molecule has 0 saturated heterocycles. The molecule has 1 aromatic heterocycles. The van der Waals surface area contributed by atoms with Gasteiger partial charge in [0.2, 0.25) is 0 Å². The number of hydrogen-bond acceptors (Lipinski definition) is 3. The van der Waals surface area contributed by atoms with Crippen molar-refractivity contribution in [2.45, 2.75) is 17.9 Å². The van der Waals surface area contributed by atoms with Gasteiger partial charge in [0, 0.05) is 6.20 Å². The van der Waals surface area contributed by atoms with Gasteiger partial charge in [-0.2, -0.15) is 0 Å². The molecule has 4 heteroatoms. The van der Waals surface area contributed by atoms with E-state index in [1.54, 1.807) is 17.8 Å². The highest BCUT2D eigenvalue weighted by molar-refractivity contribution is 7.99. The summed E-state index contributed by atoms with van der Waals surface area (Å²) in [6.07, 6.45) is 5.42. The maximum Gasteiger partial charge on any atom is 0.335 e. The molecule has 0 bridgehead atoms. The molecule has 0 atom stereocenters. The summed E-state index contributed by atoms with van der Waals surface area (Å²) < 4.78 is 0. The molecular weight excluding hydrogens is 210 g/mol. The first kappa shape index (κ1) is 11.8. The molecule has 0 spiro atoms. The highest BCUT2D eigenvalue weighted by atomic mass is 32.2. The Morgan fingerprint density at radius 1 is 1.67 bits per heavy atom. The van der Waals surface area contributed by atoms with E-state index in [-0.39, 0.29) is 5.56 Å². The van der Waals surface area contributed by atoms with E-state index in [2.05, 4.69) is 11.6 Å². The summed E-state index contributed by atoms with van der Waals surface area (Å²) in [5.74, 6) is 0.0209. The Morgan fingerprint density at radius 2 is 2.47 bits per heavy atom. The lowest BCUT2D eigenvalue weighted by atomic mass is 10.3. The molecule has 0 aliphatic rings. The molecule has 0 aliphatic heterocycles. The van der Waals surface area contributed by atoms with Crippen molar-refractivity contribution in [2.24, 2.45) is 0 Å². The number of aromatic carboxylic acids is 1. The first-order valence-electron chi connectivity index (χ1n) is 4.67. The van der Waals surface area contributed by atoms with Gasteiger partial charge >= 0.3 is 5.97 Å². The standard InChI is InChI=1S/C11H13NO2S/c1-2-3-4-7-15-10-8-9(11(13)14)5-6-12-10/h2,5-6,8H,1,3-4,7H2,(H,13,14). The molecule has 1 N–H and O–H groups in total. The summed E-state index contributed by atoms with van der Waals surface area (Å²) in [6, 6.07) is 3.09. The largest absolute Gasteiger partial charge is 0.478 e. The van der Waals surface area contributed by atoms with Crippen molar-refractivity contribution in [2.75, 3.05) is 5.75 Å². The Labute approximate surface area is 93.2 Å². The Bertz CT molecular complexity index is 352. The Morgan fingerprint density at radius 3 is 3.13 bits per heavy atom. The number of carboxylic acids is 1. The van der Waals surface area contributed by atoms with Gasteiger partial charge in [-0.25, -0.2) is 9.78 Å². The molecule has 0 amide bonds. The predicted octanol–water partition coefficient (Wildman–Crippen LogP) is 2.84. The number of hydrogen-bond donors (Lipinski definition) is 1. The Kier molecular flexibility index (Phi) is 4.90. The first-order valence-corrected chi connectivity index (χ1v) is 5.65. The topological polar surface area (TPSA) is 50.2 Å². The second-order valence-electron chi connectivity index (χ2n) is 2.97. The van der Waals surface area contributed by atoms with E-state index in [1.807, 2.05) is 6.08 Å². The van der Waals surface area contributed by atoms with Crippen LogP contribution in [0.4, 0.5) is 0 Å². The van der Waals surface area contributed by atoms with Crippen molar-refractivity contribution in [3.05, 3.63) is 36.5 Å². The zero-order chi connectivity index (χ0) is 11.1. The Hall–Kier alpha value is -1.29. The number of nitrogens with zero attached hydrogens (tertiary/aromatic N) is 1. The van der Waals surface area contributed by atoms with Gasteiger partial charge in [0.05, 0.1) is 10.6 Å². The number of aromatic nitrogens is 1. The van der Waals surface area contributed by atoms with Crippen LogP contribution >= 0.6 is 11.8 Å². The highest BCUT2D eigenvalue weighted by Crippen LogP contribution is 2.17. The normalized spacial score (nSPS) is 9.87. The molecule has 0 unspecified atom stereocenters. The second kappa shape index (κ2) is 6.24. The lowest BCUT2D eigenvalue weighted by Crippen LogP contribution is -1.96. The maximum atomic E-state index is 10.7. The number of pyridine rings is 1. The molecule has 0 saturated carbocycles. The van der Waals surface area contributed by atoms with E-state index in [0.29, 0.717) is 0 Å². The van der Waals surface area contributed by atoms with E-state index >= 15 is 0 Å². The van der Waals surface area contributed by atoms with Gasteiger partial charge in [0.15, 0.2) is 0 Å². The lowest BCUT2D eigenvalue weighted by molar-refractivity contribution is 0.0696. The van der Waals surface area contributed by atoms with Crippen molar-refractivity contribution in [3.8, 4) is 0 Å². The number of allylic oxidation sites excluding steroid dienone is 1.